The molecule has 16 heteroatoms. The third kappa shape index (κ3) is 8.15. The van der Waals surface area contributed by atoms with Gasteiger partial charge in [-0.15, -0.1) is 0 Å². The summed E-state index contributed by atoms with van der Waals surface area (Å²) >= 11 is 0. The van der Waals surface area contributed by atoms with Crippen LogP contribution in [-0.2, 0) is 29.6 Å². The molecule has 0 saturated carbocycles. The Balaban J connectivity index is 2.24. The highest BCUT2D eigenvalue weighted by molar-refractivity contribution is 7.92. The lowest BCUT2D eigenvalue weighted by Gasteiger charge is -2.35. The van der Waals surface area contributed by atoms with Gasteiger partial charge < -0.3 is 18.7 Å². The van der Waals surface area contributed by atoms with Gasteiger partial charge in [0.2, 0.25) is 21.3 Å². The van der Waals surface area contributed by atoms with Crippen molar-refractivity contribution < 1.29 is 57.5 Å². The van der Waals surface area contributed by atoms with Crippen molar-refractivity contribution in [2.75, 3.05) is 31.3 Å². The lowest BCUT2D eigenvalue weighted by molar-refractivity contribution is -0.139. The standard InChI is InChI=1S/C29H37F7NO6PS/c1-6-27(4,44(38,42-7-2)43-8-3)18-41-24-16-25-23(15-22(24)29(34,35)36)37(21-11-9-20(30)10-12-21)17-19(13-14-28(5,32)33)26(31)45(25,39)40/h9-12,15-16,19,26H,6-8,13-14,17-18H2,1-5H3/t19-,26+,27+/m1/s1. The molecule has 7 nitrogen and oxygen atoms in total. The van der Waals surface area contributed by atoms with E-state index in [0.717, 1.165) is 29.2 Å². The van der Waals surface area contributed by atoms with E-state index < -0.39 is 99.8 Å². The monoisotopic (exact) mass is 691 g/mol. The van der Waals surface area contributed by atoms with E-state index in [0.29, 0.717) is 19.1 Å². The molecule has 0 bridgehead atoms. The second-order valence-corrected chi connectivity index (χ2v) is 15.7. The molecule has 1 heterocycles. The Hall–Kier alpha value is -2.35. The summed E-state index contributed by atoms with van der Waals surface area (Å²) in [4.78, 5) is 0.155. The number of alkyl halides is 6. The summed E-state index contributed by atoms with van der Waals surface area (Å²) in [6, 6.07) is 5.26. The number of anilines is 2. The van der Waals surface area contributed by atoms with Crippen molar-refractivity contribution in [1.82, 2.24) is 0 Å². The lowest BCUT2D eigenvalue weighted by Crippen LogP contribution is -2.34. The van der Waals surface area contributed by atoms with Gasteiger partial charge >= 0.3 is 13.8 Å². The van der Waals surface area contributed by atoms with Gasteiger partial charge in [0.25, 0.3) is 0 Å². The number of benzene rings is 2. The van der Waals surface area contributed by atoms with Crippen LogP contribution >= 0.6 is 7.60 Å². The van der Waals surface area contributed by atoms with Gasteiger partial charge in [-0.3, -0.25) is 4.57 Å². The SMILES string of the molecule is CCOP(=O)(OCC)[C@@](C)(CC)COc1cc2c(cc1C(F)(F)F)N(c1ccc(F)cc1)C[C@@H](CCC(C)(F)F)[C@@H](F)S2(=O)=O. The Morgan fingerprint density at radius 2 is 1.56 bits per heavy atom. The van der Waals surface area contributed by atoms with E-state index in [2.05, 4.69) is 0 Å². The summed E-state index contributed by atoms with van der Waals surface area (Å²) in [5, 5.41) is -1.48. The minimum Gasteiger partial charge on any atom is -0.492 e. The van der Waals surface area contributed by atoms with E-state index in [1.807, 2.05) is 0 Å². The third-order valence-electron chi connectivity index (χ3n) is 7.70. The van der Waals surface area contributed by atoms with Crippen molar-refractivity contribution >= 4 is 28.8 Å². The lowest BCUT2D eigenvalue weighted by atomic mass is 10.00. The van der Waals surface area contributed by atoms with Crippen LogP contribution in [0.2, 0.25) is 0 Å². The number of hydrogen-bond donors (Lipinski definition) is 0. The Kier molecular flexibility index (Phi) is 11.4. The van der Waals surface area contributed by atoms with Gasteiger partial charge in [0.05, 0.1) is 29.4 Å². The molecular weight excluding hydrogens is 654 g/mol. The zero-order valence-electron chi connectivity index (χ0n) is 25.5. The van der Waals surface area contributed by atoms with Crippen LogP contribution in [0.15, 0.2) is 41.3 Å². The first kappa shape index (κ1) is 37.1. The molecule has 3 rings (SSSR count). The topological polar surface area (TPSA) is 82.1 Å². The van der Waals surface area contributed by atoms with Crippen molar-refractivity contribution in [3.05, 3.63) is 47.8 Å². The first-order valence-corrected chi connectivity index (χ1v) is 17.4. The fraction of sp³-hybridized carbons (Fsp3) is 0.586. The molecule has 0 radical (unpaired) electrons. The van der Waals surface area contributed by atoms with Crippen LogP contribution in [0.25, 0.3) is 0 Å². The van der Waals surface area contributed by atoms with Crippen LogP contribution in [0.4, 0.5) is 42.1 Å². The zero-order chi connectivity index (χ0) is 34.0. The molecule has 0 spiro atoms. The maximum absolute atomic E-state index is 15.9. The summed E-state index contributed by atoms with van der Waals surface area (Å²) in [5.41, 5.74) is -4.79. The Morgan fingerprint density at radius 3 is 2.04 bits per heavy atom. The van der Waals surface area contributed by atoms with Crippen molar-refractivity contribution in [1.29, 1.82) is 0 Å². The van der Waals surface area contributed by atoms with Crippen LogP contribution in [-0.4, -0.2) is 51.4 Å². The Labute approximate surface area is 258 Å². The highest BCUT2D eigenvalue weighted by Gasteiger charge is 2.49. The normalized spacial score (nSPS) is 20.3. The summed E-state index contributed by atoms with van der Waals surface area (Å²) in [6.45, 7) is 5.35. The van der Waals surface area contributed by atoms with Gasteiger partial charge in [0.15, 0.2) is 0 Å². The largest absolute Gasteiger partial charge is 0.492 e. The van der Waals surface area contributed by atoms with E-state index >= 15 is 4.39 Å². The Bertz CT molecular complexity index is 1470. The molecule has 0 fully saturated rings. The number of hydrogen-bond acceptors (Lipinski definition) is 7. The van der Waals surface area contributed by atoms with E-state index in [1.54, 1.807) is 20.8 Å². The summed E-state index contributed by atoms with van der Waals surface area (Å²) in [6.07, 6.45) is -6.58. The minimum atomic E-state index is -5.13. The first-order valence-electron chi connectivity index (χ1n) is 14.3. The van der Waals surface area contributed by atoms with E-state index in [9.17, 15) is 39.3 Å². The average molecular weight is 692 g/mol. The van der Waals surface area contributed by atoms with Crippen molar-refractivity contribution in [3.63, 3.8) is 0 Å². The summed E-state index contributed by atoms with van der Waals surface area (Å²) < 4.78 is 158. The maximum atomic E-state index is 15.9. The highest BCUT2D eigenvalue weighted by atomic mass is 32.2. The molecule has 45 heavy (non-hydrogen) atoms. The van der Waals surface area contributed by atoms with Gasteiger partial charge in [-0.1, -0.05) is 6.92 Å². The maximum Gasteiger partial charge on any atom is 0.420 e. The number of halogens is 7. The molecule has 2 aromatic carbocycles. The van der Waals surface area contributed by atoms with Gasteiger partial charge in [0, 0.05) is 30.6 Å². The zero-order valence-corrected chi connectivity index (χ0v) is 27.2. The van der Waals surface area contributed by atoms with Crippen LogP contribution in [0, 0.1) is 11.7 Å². The molecule has 1 aliphatic rings. The number of fused-ring (bicyclic) bond motifs is 1. The van der Waals surface area contributed by atoms with Crippen molar-refractivity contribution in [3.8, 4) is 5.75 Å². The summed E-state index contributed by atoms with van der Waals surface area (Å²) in [5.74, 6) is -6.57. The molecule has 0 aromatic heterocycles. The van der Waals surface area contributed by atoms with Crippen LogP contribution < -0.4 is 9.64 Å². The van der Waals surface area contributed by atoms with Gasteiger partial charge in [-0.05, 0) is 70.9 Å². The molecule has 0 N–H and O–H groups in total. The van der Waals surface area contributed by atoms with Crippen molar-refractivity contribution in [2.24, 2.45) is 5.92 Å². The number of rotatable bonds is 13. The molecular formula is C29H37F7NO6PS. The van der Waals surface area contributed by atoms with Gasteiger partial charge in [0.1, 0.15) is 23.3 Å². The molecule has 0 unspecified atom stereocenters. The second-order valence-electron chi connectivity index (χ2n) is 11.1. The molecule has 3 atom stereocenters. The van der Waals surface area contributed by atoms with Crippen LogP contribution in [0.1, 0.15) is 59.4 Å². The molecule has 2 aromatic rings. The number of nitrogens with zero attached hydrogens (tertiary/aromatic N) is 1. The predicted molar refractivity (Wildman–Crippen MR) is 155 cm³/mol. The average Bonchev–Trinajstić information content (AvgIpc) is 3.02. The molecule has 254 valence electrons. The van der Waals surface area contributed by atoms with Gasteiger partial charge in [-0.25, -0.2) is 26.0 Å². The Morgan fingerprint density at radius 1 is 0.978 bits per heavy atom. The smallest absolute Gasteiger partial charge is 0.420 e. The number of sulfone groups is 1. The third-order valence-corrected chi connectivity index (χ3v) is 12.6. The van der Waals surface area contributed by atoms with Crippen molar-refractivity contribution in [2.45, 2.75) is 81.5 Å². The summed E-state index contributed by atoms with van der Waals surface area (Å²) in [7, 11) is -9.06. The quantitative estimate of drug-likeness (QED) is 0.153. The molecule has 0 amide bonds. The van der Waals surface area contributed by atoms with Gasteiger partial charge in [-0.2, -0.15) is 13.2 Å². The van der Waals surface area contributed by atoms with Crippen LogP contribution in [0.3, 0.4) is 0 Å². The molecule has 0 saturated heterocycles. The second kappa shape index (κ2) is 13.8. The fourth-order valence-corrected chi connectivity index (χ4v) is 8.63. The van der Waals surface area contributed by atoms with Crippen LogP contribution in [0.5, 0.6) is 5.75 Å². The molecule has 1 aliphatic heterocycles. The van der Waals surface area contributed by atoms with E-state index in [-0.39, 0.29) is 25.3 Å². The predicted octanol–water partition coefficient (Wildman–Crippen LogP) is 8.93. The first-order chi connectivity index (χ1) is 20.7. The van der Waals surface area contributed by atoms with E-state index in [1.165, 1.54) is 6.92 Å². The highest BCUT2D eigenvalue weighted by Crippen LogP contribution is 2.61. The fourth-order valence-electron chi connectivity index (χ4n) is 4.94. The number of ether oxygens (including phenoxy) is 1. The minimum absolute atomic E-state index is 0.00456. The van der Waals surface area contributed by atoms with E-state index in [4.69, 9.17) is 13.8 Å². The molecule has 0 aliphatic carbocycles.